The molecule has 1 aromatic carbocycles. The summed E-state index contributed by atoms with van der Waals surface area (Å²) in [7, 11) is 0. The first kappa shape index (κ1) is 13.9. The van der Waals surface area contributed by atoms with E-state index in [1.165, 1.54) is 0 Å². The Morgan fingerprint density at radius 3 is 3.00 bits per heavy atom. The van der Waals surface area contributed by atoms with Crippen LogP contribution in [-0.4, -0.2) is 37.0 Å². The fourth-order valence-electron chi connectivity index (χ4n) is 2.10. The molecule has 1 heterocycles. The molecule has 1 fully saturated rings. The van der Waals surface area contributed by atoms with E-state index in [0.717, 1.165) is 23.5 Å². The molecular weight excluding hydrogens is 262 g/mol. The smallest absolute Gasteiger partial charge is 0.236 e. The summed E-state index contributed by atoms with van der Waals surface area (Å²) in [6.45, 7) is 8.43. The fraction of sp³-hybridized carbons (Fsp3) is 0.357. The molecule has 1 aliphatic heterocycles. The first-order valence-electron chi connectivity index (χ1n) is 6.25. The summed E-state index contributed by atoms with van der Waals surface area (Å²) in [5, 5.41) is 6.93. The van der Waals surface area contributed by atoms with Gasteiger partial charge in [-0.1, -0.05) is 18.2 Å². The molecule has 0 aromatic heterocycles. The highest BCUT2D eigenvalue weighted by Crippen LogP contribution is 2.19. The lowest BCUT2D eigenvalue weighted by atomic mass is 10.2. The molecule has 102 valence electrons. The van der Waals surface area contributed by atoms with Gasteiger partial charge in [0.2, 0.25) is 5.91 Å². The summed E-state index contributed by atoms with van der Waals surface area (Å²) >= 11 is 6.01. The molecule has 0 unspecified atom stereocenters. The molecule has 0 bridgehead atoms. The van der Waals surface area contributed by atoms with Crippen LogP contribution in [0.2, 0.25) is 5.02 Å². The number of benzene rings is 1. The molecule has 1 saturated heterocycles. The van der Waals surface area contributed by atoms with Crippen molar-refractivity contribution in [3.63, 3.8) is 0 Å². The third-order valence-electron chi connectivity index (χ3n) is 2.93. The number of anilines is 1. The number of piperazine rings is 1. The van der Waals surface area contributed by atoms with Crippen molar-refractivity contribution >= 4 is 23.2 Å². The maximum absolute atomic E-state index is 11.7. The quantitative estimate of drug-likeness (QED) is 0.886. The van der Waals surface area contributed by atoms with Gasteiger partial charge in [-0.15, -0.1) is 0 Å². The predicted molar refractivity (Wildman–Crippen MR) is 78.4 cm³/mol. The Balaban J connectivity index is 1.95. The van der Waals surface area contributed by atoms with Crippen LogP contribution in [0.3, 0.4) is 0 Å². The maximum Gasteiger partial charge on any atom is 0.236 e. The second-order valence-corrected chi connectivity index (χ2v) is 5.17. The molecule has 1 aliphatic rings. The summed E-state index contributed by atoms with van der Waals surface area (Å²) in [5.41, 5.74) is 2.77. The number of nitrogens with zero attached hydrogens (tertiary/aromatic N) is 1. The van der Waals surface area contributed by atoms with Crippen molar-refractivity contribution in [3.05, 3.63) is 41.1 Å². The molecule has 4 nitrogen and oxygen atoms in total. The topological polar surface area (TPSA) is 44.4 Å². The lowest BCUT2D eigenvalue weighted by molar-refractivity contribution is -0.131. The Hall–Kier alpha value is -1.52. The molecule has 0 spiro atoms. The standard InChI is InChI=1S/C14H18ClN3O/c1-10-5-12(15)7-13(6-10)17-11(2)9-18-4-3-16-8-14(18)19/h5-7,16-17H,2-4,8-9H2,1H3. The highest BCUT2D eigenvalue weighted by Gasteiger charge is 2.17. The molecule has 5 heteroatoms. The van der Waals surface area contributed by atoms with E-state index in [1.54, 1.807) is 4.90 Å². The molecular formula is C14H18ClN3O. The fourth-order valence-corrected chi connectivity index (χ4v) is 2.39. The zero-order chi connectivity index (χ0) is 13.8. The Bertz CT molecular complexity index is 481. The van der Waals surface area contributed by atoms with E-state index in [-0.39, 0.29) is 5.91 Å². The molecule has 19 heavy (non-hydrogen) atoms. The van der Waals surface area contributed by atoms with E-state index in [4.69, 9.17) is 11.6 Å². The van der Waals surface area contributed by atoms with Gasteiger partial charge in [0.05, 0.1) is 13.1 Å². The Morgan fingerprint density at radius 1 is 1.53 bits per heavy atom. The van der Waals surface area contributed by atoms with Gasteiger partial charge in [0.15, 0.2) is 0 Å². The number of nitrogens with one attached hydrogen (secondary N) is 2. The summed E-state index contributed by atoms with van der Waals surface area (Å²) < 4.78 is 0. The van der Waals surface area contributed by atoms with Gasteiger partial charge in [-0.05, 0) is 30.7 Å². The van der Waals surface area contributed by atoms with Gasteiger partial charge in [-0.2, -0.15) is 0 Å². The first-order valence-corrected chi connectivity index (χ1v) is 6.63. The van der Waals surface area contributed by atoms with Gasteiger partial charge >= 0.3 is 0 Å². The van der Waals surface area contributed by atoms with Crippen LogP contribution in [0.15, 0.2) is 30.5 Å². The van der Waals surface area contributed by atoms with E-state index in [0.29, 0.717) is 24.7 Å². The average Bonchev–Trinajstić information content (AvgIpc) is 2.30. The monoisotopic (exact) mass is 279 g/mol. The van der Waals surface area contributed by atoms with Crippen LogP contribution in [0.5, 0.6) is 0 Å². The van der Waals surface area contributed by atoms with Crippen LogP contribution in [0, 0.1) is 6.92 Å². The van der Waals surface area contributed by atoms with Gasteiger partial charge < -0.3 is 15.5 Å². The van der Waals surface area contributed by atoms with Crippen molar-refractivity contribution < 1.29 is 4.79 Å². The maximum atomic E-state index is 11.7. The van der Waals surface area contributed by atoms with Crippen molar-refractivity contribution in [2.45, 2.75) is 6.92 Å². The molecule has 1 amide bonds. The summed E-state index contributed by atoms with van der Waals surface area (Å²) in [6, 6.07) is 5.74. The molecule has 2 rings (SSSR count). The average molecular weight is 280 g/mol. The van der Waals surface area contributed by atoms with Crippen molar-refractivity contribution in [3.8, 4) is 0 Å². The van der Waals surface area contributed by atoms with Gasteiger partial charge in [-0.3, -0.25) is 4.79 Å². The zero-order valence-corrected chi connectivity index (χ0v) is 11.8. The zero-order valence-electron chi connectivity index (χ0n) is 11.0. The van der Waals surface area contributed by atoms with Gasteiger partial charge in [-0.25, -0.2) is 0 Å². The second kappa shape index (κ2) is 6.08. The second-order valence-electron chi connectivity index (χ2n) is 4.74. The molecule has 1 aromatic rings. The Labute approximate surface area is 118 Å². The lowest BCUT2D eigenvalue weighted by Gasteiger charge is -2.28. The van der Waals surface area contributed by atoms with Crippen molar-refractivity contribution in [1.29, 1.82) is 0 Å². The number of halogens is 1. The summed E-state index contributed by atoms with van der Waals surface area (Å²) in [4.78, 5) is 13.5. The predicted octanol–water partition coefficient (Wildman–Crippen LogP) is 2.01. The number of carbonyl (C=O) groups is 1. The van der Waals surface area contributed by atoms with Crippen LogP contribution in [0.4, 0.5) is 5.69 Å². The number of hydrogen-bond donors (Lipinski definition) is 2. The van der Waals surface area contributed by atoms with Crippen molar-refractivity contribution in [2.75, 3.05) is 31.5 Å². The van der Waals surface area contributed by atoms with E-state index in [1.807, 2.05) is 25.1 Å². The van der Waals surface area contributed by atoms with E-state index >= 15 is 0 Å². The van der Waals surface area contributed by atoms with Crippen LogP contribution < -0.4 is 10.6 Å². The molecule has 2 N–H and O–H groups in total. The minimum Gasteiger partial charge on any atom is -0.358 e. The highest BCUT2D eigenvalue weighted by atomic mass is 35.5. The number of carbonyl (C=O) groups excluding carboxylic acids is 1. The Morgan fingerprint density at radius 2 is 2.32 bits per heavy atom. The van der Waals surface area contributed by atoms with Crippen molar-refractivity contribution in [1.82, 2.24) is 10.2 Å². The highest BCUT2D eigenvalue weighted by molar-refractivity contribution is 6.30. The Kier molecular flexibility index (Phi) is 4.45. The first-order chi connectivity index (χ1) is 9.04. The van der Waals surface area contributed by atoms with Gasteiger partial charge in [0.25, 0.3) is 0 Å². The van der Waals surface area contributed by atoms with Gasteiger partial charge in [0, 0.05) is 29.5 Å². The van der Waals surface area contributed by atoms with Crippen LogP contribution in [0.1, 0.15) is 5.56 Å². The molecule has 0 saturated carbocycles. The minimum absolute atomic E-state index is 0.108. The van der Waals surface area contributed by atoms with Crippen LogP contribution in [-0.2, 0) is 4.79 Å². The van der Waals surface area contributed by atoms with Crippen molar-refractivity contribution in [2.24, 2.45) is 0 Å². The molecule has 0 atom stereocenters. The number of amides is 1. The van der Waals surface area contributed by atoms with E-state index in [2.05, 4.69) is 17.2 Å². The van der Waals surface area contributed by atoms with Crippen LogP contribution >= 0.6 is 11.6 Å². The SMILES string of the molecule is C=C(CN1CCNCC1=O)Nc1cc(C)cc(Cl)c1. The number of hydrogen-bond acceptors (Lipinski definition) is 3. The summed E-state index contributed by atoms with van der Waals surface area (Å²) in [5.74, 6) is 0.108. The van der Waals surface area contributed by atoms with Gasteiger partial charge in [0.1, 0.15) is 0 Å². The normalized spacial score (nSPS) is 15.5. The number of aryl methyl sites for hydroxylation is 1. The van der Waals surface area contributed by atoms with Crippen LogP contribution in [0.25, 0.3) is 0 Å². The third-order valence-corrected chi connectivity index (χ3v) is 3.15. The van der Waals surface area contributed by atoms with E-state index in [9.17, 15) is 4.79 Å². The largest absolute Gasteiger partial charge is 0.358 e. The lowest BCUT2D eigenvalue weighted by Crippen LogP contribution is -2.48. The number of rotatable bonds is 4. The molecule has 0 aliphatic carbocycles. The van der Waals surface area contributed by atoms with E-state index < -0.39 is 0 Å². The summed E-state index contributed by atoms with van der Waals surface area (Å²) in [6.07, 6.45) is 0. The minimum atomic E-state index is 0.108. The third kappa shape index (κ3) is 3.98. The molecule has 0 radical (unpaired) electrons.